The van der Waals surface area contributed by atoms with Crippen molar-refractivity contribution in [1.29, 1.82) is 0 Å². The Morgan fingerprint density at radius 1 is 1.44 bits per heavy atom. The van der Waals surface area contributed by atoms with Crippen molar-refractivity contribution in [3.8, 4) is 5.75 Å². The van der Waals surface area contributed by atoms with E-state index in [2.05, 4.69) is 5.32 Å². The van der Waals surface area contributed by atoms with Gasteiger partial charge in [-0.1, -0.05) is 13.0 Å². The van der Waals surface area contributed by atoms with Crippen molar-refractivity contribution < 1.29 is 9.53 Å². The highest BCUT2D eigenvalue weighted by Crippen LogP contribution is 2.21. The number of carbonyl (C=O) groups excluding carboxylic acids is 1. The molecule has 0 saturated carbocycles. The van der Waals surface area contributed by atoms with E-state index in [-0.39, 0.29) is 18.1 Å². The molecule has 0 unspecified atom stereocenters. The lowest BCUT2D eigenvalue weighted by Gasteiger charge is -2.24. The van der Waals surface area contributed by atoms with Gasteiger partial charge in [0.05, 0.1) is 5.69 Å². The molecule has 1 amide bonds. The summed E-state index contributed by atoms with van der Waals surface area (Å²) in [6, 6.07) is 5.51. The van der Waals surface area contributed by atoms with Gasteiger partial charge < -0.3 is 15.8 Å². The first kappa shape index (κ1) is 14.4. The predicted molar refractivity (Wildman–Crippen MR) is 73.6 cm³/mol. The van der Waals surface area contributed by atoms with E-state index in [1.807, 2.05) is 39.8 Å². The van der Waals surface area contributed by atoms with Crippen LogP contribution in [0.15, 0.2) is 18.2 Å². The van der Waals surface area contributed by atoms with Crippen LogP contribution in [0.4, 0.5) is 5.69 Å². The fourth-order valence-electron chi connectivity index (χ4n) is 1.44. The van der Waals surface area contributed by atoms with Gasteiger partial charge in [0.1, 0.15) is 5.75 Å². The van der Waals surface area contributed by atoms with Crippen molar-refractivity contribution in [2.45, 2.75) is 39.7 Å². The summed E-state index contributed by atoms with van der Waals surface area (Å²) in [7, 11) is 0. The maximum Gasteiger partial charge on any atom is 0.258 e. The lowest BCUT2D eigenvalue weighted by Crippen LogP contribution is -2.44. The number of carbonyl (C=O) groups is 1. The largest absolute Gasteiger partial charge is 0.482 e. The smallest absolute Gasteiger partial charge is 0.258 e. The predicted octanol–water partition coefficient (Wildman–Crippen LogP) is 2.26. The van der Waals surface area contributed by atoms with Crippen LogP contribution in [0.5, 0.6) is 5.75 Å². The molecule has 18 heavy (non-hydrogen) atoms. The third kappa shape index (κ3) is 4.28. The normalized spacial score (nSPS) is 11.1. The van der Waals surface area contributed by atoms with E-state index in [4.69, 9.17) is 10.5 Å². The average Bonchev–Trinajstić information content (AvgIpc) is 2.27. The van der Waals surface area contributed by atoms with Crippen molar-refractivity contribution >= 4 is 11.6 Å². The van der Waals surface area contributed by atoms with Crippen LogP contribution in [0.3, 0.4) is 0 Å². The molecule has 0 fully saturated rings. The summed E-state index contributed by atoms with van der Waals surface area (Å²) in [5, 5.41) is 2.90. The van der Waals surface area contributed by atoms with E-state index in [0.29, 0.717) is 11.4 Å². The minimum absolute atomic E-state index is 0.0172. The van der Waals surface area contributed by atoms with Crippen LogP contribution in [0.25, 0.3) is 0 Å². The Kier molecular flexibility index (Phi) is 4.59. The molecule has 0 aliphatic heterocycles. The number of hydrogen-bond donors (Lipinski definition) is 2. The fourth-order valence-corrected chi connectivity index (χ4v) is 1.44. The Bertz CT molecular complexity index is 428. The minimum Gasteiger partial charge on any atom is -0.482 e. The van der Waals surface area contributed by atoms with Crippen molar-refractivity contribution in [1.82, 2.24) is 5.32 Å². The number of anilines is 1. The van der Waals surface area contributed by atoms with Gasteiger partial charge in [-0.3, -0.25) is 4.79 Å². The van der Waals surface area contributed by atoms with Gasteiger partial charge in [-0.2, -0.15) is 0 Å². The zero-order chi connectivity index (χ0) is 13.8. The van der Waals surface area contributed by atoms with Crippen LogP contribution in [0.1, 0.15) is 32.8 Å². The Morgan fingerprint density at radius 2 is 2.11 bits per heavy atom. The van der Waals surface area contributed by atoms with Crippen LogP contribution in [-0.2, 0) is 4.79 Å². The van der Waals surface area contributed by atoms with Crippen LogP contribution >= 0.6 is 0 Å². The first-order chi connectivity index (χ1) is 8.34. The quantitative estimate of drug-likeness (QED) is 0.788. The summed E-state index contributed by atoms with van der Waals surface area (Å²) >= 11 is 0. The monoisotopic (exact) mass is 250 g/mol. The van der Waals surface area contributed by atoms with Gasteiger partial charge in [-0.15, -0.1) is 0 Å². The lowest BCUT2D eigenvalue weighted by molar-refractivity contribution is -0.124. The highest BCUT2D eigenvalue weighted by molar-refractivity contribution is 5.78. The van der Waals surface area contributed by atoms with Crippen LogP contribution < -0.4 is 15.8 Å². The number of amides is 1. The summed E-state index contributed by atoms with van der Waals surface area (Å²) in [5.74, 6) is 0.409. The van der Waals surface area contributed by atoms with Gasteiger partial charge in [0.25, 0.3) is 5.91 Å². The second kappa shape index (κ2) is 5.76. The number of nitrogens with one attached hydrogen (secondary N) is 1. The third-order valence-electron chi connectivity index (χ3n) is 2.89. The second-order valence-corrected chi connectivity index (χ2v) is 5.12. The molecule has 0 heterocycles. The van der Waals surface area contributed by atoms with Gasteiger partial charge >= 0.3 is 0 Å². The molecule has 4 heteroatoms. The number of rotatable bonds is 5. The number of nitrogens with two attached hydrogens (primary N) is 1. The van der Waals surface area contributed by atoms with Crippen molar-refractivity contribution in [2.24, 2.45) is 0 Å². The summed E-state index contributed by atoms with van der Waals surface area (Å²) < 4.78 is 5.41. The van der Waals surface area contributed by atoms with Crippen molar-refractivity contribution in [3.63, 3.8) is 0 Å². The molecule has 0 atom stereocenters. The van der Waals surface area contributed by atoms with Gasteiger partial charge in [0.15, 0.2) is 6.61 Å². The molecule has 0 aliphatic rings. The SMILES string of the molecule is CCC(C)(C)NC(=O)COc1ccc(C)cc1N. The Balaban J connectivity index is 2.53. The lowest BCUT2D eigenvalue weighted by atomic mass is 10.0. The Hall–Kier alpha value is -1.71. The Labute approximate surface area is 109 Å². The highest BCUT2D eigenvalue weighted by atomic mass is 16.5. The topological polar surface area (TPSA) is 64.3 Å². The van der Waals surface area contributed by atoms with E-state index in [0.717, 1.165) is 12.0 Å². The zero-order valence-electron chi connectivity index (χ0n) is 11.5. The van der Waals surface area contributed by atoms with E-state index in [1.54, 1.807) is 6.07 Å². The highest BCUT2D eigenvalue weighted by Gasteiger charge is 2.18. The number of hydrogen-bond acceptors (Lipinski definition) is 3. The maximum absolute atomic E-state index is 11.7. The average molecular weight is 250 g/mol. The molecule has 100 valence electrons. The molecule has 0 radical (unpaired) electrons. The summed E-state index contributed by atoms with van der Waals surface area (Å²) in [6.07, 6.45) is 0.866. The Morgan fingerprint density at radius 3 is 2.67 bits per heavy atom. The van der Waals surface area contributed by atoms with Crippen LogP contribution in [0.2, 0.25) is 0 Å². The molecule has 1 rings (SSSR count). The first-order valence-corrected chi connectivity index (χ1v) is 6.14. The number of ether oxygens (including phenoxy) is 1. The van der Waals surface area contributed by atoms with Gasteiger partial charge in [-0.25, -0.2) is 0 Å². The van der Waals surface area contributed by atoms with Crippen molar-refractivity contribution in [2.75, 3.05) is 12.3 Å². The second-order valence-electron chi connectivity index (χ2n) is 5.12. The summed E-state index contributed by atoms with van der Waals surface area (Å²) in [6.45, 7) is 7.92. The first-order valence-electron chi connectivity index (χ1n) is 6.14. The van der Waals surface area contributed by atoms with Crippen LogP contribution in [0, 0.1) is 6.92 Å². The molecule has 0 aromatic heterocycles. The van der Waals surface area contributed by atoms with Gasteiger partial charge in [0, 0.05) is 5.54 Å². The summed E-state index contributed by atoms with van der Waals surface area (Å²) in [4.78, 5) is 11.7. The zero-order valence-corrected chi connectivity index (χ0v) is 11.5. The maximum atomic E-state index is 11.7. The molecule has 1 aromatic rings. The molecule has 1 aromatic carbocycles. The molecule has 0 spiro atoms. The minimum atomic E-state index is -0.209. The van der Waals surface area contributed by atoms with Crippen molar-refractivity contribution in [3.05, 3.63) is 23.8 Å². The van der Waals surface area contributed by atoms with E-state index >= 15 is 0 Å². The molecular weight excluding hydrogens is 228 g/mol. The summed E-state index contributed by atoms with van der Waals surface area (Å²) in [5.41, 5.74) is 7.21. The molecular formula is C14H22N2O2. The standard InChI is InChI=1S/C14H22N2O2/c1-5-14(3,4)16-13(17)9-18-12-7-6-10(2)8-11(12)15/h6-8H,5,9,15H2,1-4H3,(H,16,17). The molecule has 0 saturated heterocycles. The van der Waals surface area contributed by atoms with E-state index < -0.39 is 0 Å². The number of nitrogen functional groups attached to an aromatic ring is 1. The molecule has 3 N–H and O–H groups in total. The van der Waals surface area contributed by atoms with E-state index in [9.17, 15) is 4.79 Å². The molecule has 0 aliphatic carbocycles. The van der Waals surface area contributed by atoms with E-state index in [1.165, 1.54) is 0 Å². The molecule has 4 nitrogen and oxygen atoms in total. The van der Waals surface area contributed by atoms with Gasteiger partial charge in [-0.05, 0) is 44.9 Å². The molecule has 0 bridgehead atoms. The fraction of sp³-hybridized carbons (Fsp3) is 0.500. The van der Waals surface area contributed by atoms with Crippen LogP contribution in [-0.4, -0.2) is 18.1 Å². The third-order valence-corrected chi connectivity index (χ3v) is 2.89. The number of aryl methyl sites for hydroxylation is 1. The number of benzene rings is 1. The van der Waals surface area contributed by atoms with Gasteiger partial charge in [0.2, 0.25) is 0 Å².